The van der Waals surface area contributed by atoms with Crippen LogP contribution < -0.4 is 5.32 Å². The summed E-state index contributed by atoms with van der Waals surface area (Å²) in [5, 5.41) is 13.4. The second-order valence-electron chi connectivity index (χ2n) is 5.21. The molecule has 6 nitrogen and oxygen atoms in total. The minimum Gasteiger partial charge on any atom is -0.504 e. The first kappa shape index (κ1) is 12.3. The highest BCUT2D eigenvalue weighted by Gasteiger charge is 2.39. The van der Waals surface area contributed by atoms with Gasteiger partial charge in [-0.2, -0.15) is 0 Å². The molecule has 0 bridgehead atoms. The number of nitrogens with one attached hydrogen (secondary N) is 1. The van der Waals surface area contributed by atoms with Gasteiger partial charge < -0.3 is 15.3 Å². The predicted molar refractivity (Wildman–Crippen MR) is 68.9 cm³/mol. The van der Waals surface area contributed by atoms with Crippen molar-refractivity contribution in [2.24, 2.45) is 0 Å². The first-order chi connectivity index (χ1) is 9.18. The van der Waals surface area contributed by atoms with E-state index in [1.165, 1.54) is 6.33 Å². The summed E-state index contributed by atoms with van der Waals surface area (Å²) in [6.07, 6.45) is 4.41. The molecular weight excluding hydrogens is 244 g/mol. The van der Waals surface area contributed by atoms with Crippen molar-refractivity contribution < 1.29 is 9.90 Å². The lowest BCUT2D eigenvalue weighted by atomic mass is 9.99. The lowest BCUT2D eigenvalue weighted by molar-refractivity contribution is 0.0696. The molecule has 6 heteroatoms. The van der Waals surface area contributed by atoms with Crippen LogP contribution in [0.3, 0.4) is 0 Å². The molecule has 1 aromatic rings. The van der Waals surface area contributed by atoms with Crippen molar-refractivity contribution in [1.82, 2.24) is 20.2 Å². The Morgan fingerprint density at radius 2 is 2.32 bits per heavy atom. The number of nitrogens with zero attached hydrogens (tertiary/aromatic N) is 3. The standard InChI is InChI=1S/C13H18N4O2/c1-8-12(18)11(16-7-15-8)13(19)17-6-4-9-10(17)3-2-5-14-9/h7,9-10,14,18H,2-6H2,1H3. The highest BCUT2D eigenvalue weighted by Crippen LogP contribution is 2.28. The summed E-state index contributed by atoms with van der Waals surface area (Å²) in [6.45, 7) is 3.42. The Balaban J connectivity index is 1.86. The van der Waals surface area contributed by atoms with Gasteiger partial charge in [0.25, 0.3) is 5.91 Å². The van der Waals surface area contributed by atoms with E-state index in [2.05, 4.69) is 15.3 Å². The van der Waals surface area contributed by atoms with Gasteiger partial charge in [0.2, 0.25) is 0 Å². The smallest absolute Gasteiger partial charge is 0.276 e. The van der Waals surface area contributed by atoms with Crippen molar-refractivity contribution in [3.63, 3.8) is 0 Å². The largest absolute Gasteiger partial charge is 0.504 e. The van der Waals surface area contributed by atoms with E-state index in [1.54, 1.807) is 6.92 Å². The molecule has 0 saturated carbocycles. The second kappa shape index (κ2) is 4.77. The molecule has 2 fully saturated rings. The van der Waals surface area contributed by atoms with E-state index in [-0.39, 0.29) is 23.4 Å². The molecule has 1 aromatic heterocycles. The van der Waals surface area contributed by atoms with E-state index in [9.17, 15) is 9.90 Å². The van der Waals surface area contributed by atoms with E-state index < -0.39 is 0 Å². The van der Waals surface area contributed by atoms with E-state index in [4.69, 9.17) is 0 Å². The fourth-order valence-electron chi connectivity index (χ4n) is 3.06. The summed E-state index contributed by atoms with van der Waals surface area (Å²) >= 11 is 0. The Bertz CT molecular complexity index is 505. The molecule has 102 valence electrons. The summed E-state index contributed by atoms with van der Waals surface area (Å²) in [7, 11) is 0. The maximum absolute atomic E-state index is 12.5. The molecule has 0 aromatic carbocycles. The average Bonchev–Trinajstić information content (AvgIpc) is 2.85. The van der Waals surface area contributed by atoms with Crippen LogP contribution in [-0.2, 0) is 0 Å². The number of aryl methyl sites for hydroxylation is 1. The van der Waals surface area contributed by atoms with Crippen LogP contribution in [0.1, 0.15) is 35.4 Å². The van der Waals surface area contributed by atoms with E-state index in [1.807, 2.05) is 4.90 Å². The third kappa shape index (κ3) is 2.06. The number of carbonyl (C=O) groups excluding carboxylic acids is 1. The molecule has 2 unspecified atom stereocenters. The van der Waals surface area contributed by atoms with Crippen molar-refractivity contribution in [1.29, 1.82) is 0 Å². The van der Waals surface area contributed by atoms with Crippen LogP contribution in [0.5, 0.6) is 5.75 Å². The molecule has 0 aliphatic carbocycles. The number of piperidine rings is 1. The maximum atomic E-state index is 12.5. The third-order valence-corrected chi connectivity index (χ3v) is 4.10. The Morgan fingerprint density at radius 3 is 3.16 bits per heavy atom. The van der Waals surface area contributed by atoms with Crippen LogP contribution in [-0.4, -0.2) is 51.1 Å². The zero-order chi connectivity index (χ0) is 13.4. The number of fused-ring (bicyclic) bond motifs is 1. The van der Waals surface area contributed by atoms with Gasteiger partial charge in [0.05, 0.1) is 5.69 Å². The minimum atomic E-state index is -0.181. The van der Waals surface area contributed by atoms with Gasteiger partial charge in [0.1, 0.15) is 6.33 Å². The van der Waals surface area contributed by atoms with Crippen molar-refractivity contribution in [2.75, 3.05) is 13.1 Å². The number of likely N-dealkylation sites (tertiary alicyclic amines) is 1. The van der Waals surface area contributed by atoms with Gasteiger partial charge in [-0.25, -0.2) is 9.97 Å². The van der Waals surface area contributed by atoms with E-state index >= 15 is 0 Å². The predicted octanol–water partition coefficient (Wildman–Crippen LogP) is 0.457. The normalized spacial score (nSPS) is 26.3. The lowest BCUT2D eigenvalue weighted by Crippen LogP contribution is -2.48. The quantitative estimate of drug-likeness (QED) is 0.768. The maximum Gasteiger partial charge on any atom is 0.276 e. The van der Waals surface area contributed by atoms with Gasteiger partial charge in [-0.3, -0.25) is 4.79 Å². The fraction of sp³-hybridized carbons (Fsp3) is 0.615. The highest BCUT2D eigenvalue weighted by molar-refractivity contribution is 5.95. The minimum absolute atomic E-state index is 0.0975. The van der Waals surface area contributed by atoms with Gasteiger partial charge in [-0.15, -0.1) is 0 Å². The van der Waals surface area contributed by atoms with Crippen LogP contribution in [0.4, 0.5) is 0 Å². The van der Waals surface area contributed by atoms with Crippen LogP contribution in [0.2, 0.25) is 0 Å². The zero-order valence-corrected chi connectivity index (χ0v) is 11.0. The number of aromatic hydroxyl groups is 1. The van der Waals surface area contributed by atoms with Crippen molar-refractivity contribution in [3.05, 3.63) is 17.7 Å². The number of amides is 1. The topological polar surface area (TPSA) is 78.4 Å². The molecule has 3 rings (SSSR count). The summed E-state index contributed by atoms with van der Waals surface area (Å²) < 4.78 is 0. The highest BCUT2D eigenvalue weighted by atomic mass is 16.3. The van der Waals surface area contributed by atoms with E-state index in [0.29, 0.717) is 11.7 Å². The van der Waals surface area contributed by atoms with Gasteiger partial charge in [-0.1, -0.05) is 0 Å². The summed E-state index contributed by atoms with van der Waals surface area (Å²) in [5.74, 6) is -0.279. The number of aromatic nitrogens is 2. The van der Waals surface area contributed by atoms with Gasteiger partial charge in [0.15, 0.2) is 11.4 Å². The summed E-state index contributed by atoms with van der Waals surface area (Å²) in [5.41, 5.74) is 0.564. The summed E-state index contributed by atoms with van der Waals surface area (Å²) in [6, 6.07) is 0.624. The molecule has 2 N–H and O–H groups in total. The first-order valence-electron chi connectivity index (χ1n) is 6.73. The molecule has 19 heavy (non-hydrogen) atoms. The van der Waals surface area contributed by atoms with Crippen LogP contribution in [0, 0.1) is 6.92 Å². The monoisotopic (exact) mass is 262 g/mol. The van der Waals surface area contributed by atoms with Crippen LogP contribution >= 0.6 is 0 Å². The molecule has 1 amide bonds. The number of rotatable bonds is 1. The average molecular weight is 262 g/mol. The van der Waals surface area contributed by atoms with Crippen molar-refractivity contribution >= 4 is 5.91 Å². The van der Waals surface area contributed by atoms with Crippen molar-refractivity contribution in [3.8, 4) is 5.75 Å². The Hall–Kier alpha value is -1.69. The molecule has 2 aliphatic heterocycles. The molecule has 2 aliphatic rings. The van der Waals surface area contributed by atoms with Crippen LogP contribution in [0.15, 0.2) is 6.33 Å². The van der Waals surface area contributed by atoms with Crippen LogP contribution in [0.25, 0.3) is 0 Å². The van der Waals surface area contributed by atoms with Crippen molar-refractivity contribution in [2.45, 2.75) is 38.3 Å². The molecule has 2 saturated heterocycles. The number of carbonyl (C=O) groups is 1. The van der Waals surface area contributed by atoms with Gasteiger partial charge in [0, 0.05) is 18.6 Å². The summed E-state index contributed by atoms with van der Waals surface area (Å²) in [4.78, 5) is 22.2. The number of hydrogen-bond acceptors (Lipinski definition) is 5. The Labute approximate surface area is 111 Å². The first-order valence-corrected chi connectivity index (χ1v) is 6.73. The number of hydrogen-bond donors (Lipinski definition) is 2. The molecular formula is C13H18N4O2. The lowest BCUT2D eigenvalue weighted by Gasteiger charge is -2.32. The van der Waals surface area contributed by atoms with Gasteiger partial charge >= 0.3 is 0 Å². The Kier molecular flexibility index (Phi) is 3.10. The SMILES string of the molecule is Cc1ncnc(C(=O)N2CCC3NCCCC32)c1O. The molecule has 0 spiro atoms. The van der Waals surface area contributed by atoms with E-state index in [0.717, 1.165) is 32.4 Å². The van der Waals surface area contributed by atoms with Gasteiger partial charge in [-0.05, 0) is 32.7 Å². The zero-order valence-electron chi connectivity index (χ0n) is 11.0. The Morgan fingerprint density at radius 1 is 1.47 bits per heavy atom. The molecule has 0 radical (unpaired) electrons. The molecule has 3 heterocycles. The fourth-order valence-corrected chi connectivity index (χ4v) is 3.06. The molecule has 2 atom stereocenters. The second-order valence-corrected chi connectivity index (χ2v) is 5.21. The third-order valence-electron chi connectivity index (χ3n) is 4.10.